The molecule has 1 fully saturated rings. The van der Waals surface area contributed by atoms with Crippen LogP contribution in [-0.4, -0.2) is 36.9 Å². The maximum atomic E-state index is 12.6. The lowest BCUT2D eigenvalue weighted by Gasteiger charge is -2.21. The first-order valence-electron chi connectivity index (χ1n) is 6.29. The molecule has 1 aliphatic carbocycles. The van der Waals surface area contributed by atoms with Crippen LogP contribution in [0.25, 0.3) is 0 Å². The van der Waals surface area contributed by atoms with Gasteiger partial charge in [0.15, 0.2) is 0 Å². The Hall–Kier alpha value is -1.11. The Morgan fingerprint density at radius 2 is 2.10 bits per heavy atom. The lowest BCUT2D eigenvalue weighted by atomic mass is 10.2. The molecule has 1 N–H and O–H groups in total. The Kier molecular flexibility index (Phi) is 4.36. The Morgan fingerprint density at radius 3 is 2.65 bits per heavy atom. The van der Waals surface area contributed by atoms with Gasteiger partial charge in [0, 0.05) is 11.6 Å². The molecular formula is C13H16ClNO4S. The van der Waals surface area contributed by atoms with E-state index < -0.39 is 22.5 Å². The first-order chi connectivity index (χ1) is 9.30. The number of aryl methyl sites for hydroxylation is 1. The van der Waals surface area contributed by atoms with Gasteiger partial charge in [-0.1, -0.05) is 17.7 Å². The van der Waals surface area contributed by atoms with Crippen molar-refractivity contribution >= 4 is 27.6 Å². The molecule has 1 aliphatic rings. The van der Waals surface area contributed by atoms with Crippen molar-refractivity contribution in [3.05, 3.63) is 28.8 Å². The second-order valence-corrected chi connectivity index (χ2v) is 7.39. The molecule has 0 saturated heterocycles. The highest BCUT2D eigenvalue weighted by molar-refractivity contribution is 7.89. The summed E-state index contributed by atoms with van der Waals surface area (Å²) in [4.78, 5) is 11.0. The predicted molar refractivity (Wildman–Crippen MR) is 75.3 cm³/mol. The molecule has 0 atom stereocenters. The average molecular weight is 318 g/mol. The predicted octanol–water partition coefficient (Wildman–Crippen LogP) is 2.13. The van der Waals surface area contributed by atoms with Crippen LogP contribution < -0.4 is 0 Å². The number of nitrogens with zero attached hydrogens (tertiary/aromatic N) is 1. The van der Waals surface area contributed by atoms with Gasteiger partial charge in [-0.3, -0.25) is 4.79 Å². The third kappa shape index (κ3) is 3.50. The highest BCUT2D eigenvalue weighted by Gasteiger charge is 2.33. The summed E-state index contributed by atoms with van der Waals surface area (Å²) in [5, 5.41) is 9.23. The minimum Gasteiger partial charge on any atom is -0.480 e. The van der Waals surface area contributed by atoms with E-state index in [-0.39, 0.29) is 17.4 Å². The normalized spacial score (nSPS) is 15.6. The van der Waals surface area contributed by atoms with Crippen molar-refractivity contribution in [3.8, 4) is 0 Å². The molecule has 0 unspecified atom stereocenters. The van der Waals surface area contributed by atoms with Gasteiger partial charge in [0.1, 0.15) is 6.54 Å². The summed E-state index contributed by atoms with van der Waals surface area (Å²) < 4.78 is 26.2. The van der Waals surface area contributed by atoms with Crippen molar-refractivity contribution in [2.75, 3.05) is 13.1 Å². The number of hydrogen-bond acceptors (Lipinski definition) is 3. The summed E-state index contributed by atoms with van der Waals surface area (Å²) in [6, 6.07) is 4.59. The van der Waals surface area contributed by atoms with Crippen LogP contribution in [0.4, 0.5) is 0 Å². The topological polar surface area (TPSA) is 74.7 Å². The zero-order valence-corrected chi connectivity index (χ0v) is 12.6. The van der Waals surface area contributed by atoms with Crippen LogP contribution in [0.5, 0.6) is 0 Å². The van der Waals surface area contributed by atoms with E-state index in [1.807, 2.05) is 0 Å². The molecule has 2 rings (SSSR count). The summed E-state index contributed by atoms with van der Waals surface area (Å²) in [6.07, 6.45) is 1.89. The molecule has 0 heterocycles. The summed E-state index contributed by atoms with van der Waals surface area (Å²) in [5.41, 5.74) is 0.556. The average Bonchev–Trinajstić information content (AvgIpc) is 3.14. The standard InChI is InChI=1S/C13H16ClNO4S/c1-9-2-5-11(14)6-12(9)20(18,19)15(8-13(16)17)7-10-3-4-10/h2,5-6,10H,3-4,7-8H2,1H3,(H,16,17). The Bertz CT molecular complexity index is 625. The van der Waals surface area contributed by atoms with E-state index in [9.17, 15) is 13.2 Å². The van der Waals surface area contributed by atoms with Gasteiger partial charge in [0.2, 0.25) is 10.0 Å². The smallest absolute Gasteiger partial charge is 0.318 e. The van der Waals surface area contributed by atoms with Crippen molar-refractivity contribution in [2.45, 2.75) is 24.7 Å². The lowest BCUT2D eigenvalue weighted by Crippen LogP contribution is -2.37. The van der Waals surface area contributed by atoms with Crippen LogP contribution in [0.15, 0.2) is 23.1 Å². The highest BCUT2D eigenvalue weighted by Crippen LogP contribution is 2.32. The van der Waals surface area contributed by atoms with Crippen molar-refractivity contribution in [1.29, 1.82) is 0 Å². The molecule has 110 valence electrons. The first-order valence-corrected chi connectivity index (χ1v) is 8.10. The molecule has 0 aromatic heterocycles. The molecule has 7 heteroatoms. The van der Waals surface area contributed by atoms with Crippen molar-refractivity contribution in [3.63, 3.8) is 0 Å². The number of sulfonamides is 1. The number of benzene rings is 1. The number of halogens is 1. The molecule has 0 amide bonds. The largest absolute Gasteiger partial charge is 0.480 e. The Morgan fingerprint density at radius 1 is 1.45 bits per heavy atom. The molecule has 5 nitrogen and oxygen atoms in total. The summed E-state index contributed by atoms with van der Waals surface area (Å²) >= 11 is 5.85. The van der Waals surface area contributed by atoms with Crippen LogP contribution in [-0.2, 0) is 14.8 Å². The van der Waals surface area contributed by atoms with E-state index in [4.69, 9.17) is 16.7 Å². The van der Waals surface area contributed by atoms with E-state index in [1.165, 1.54) is 6.07 Å². The molecule has 1 aromatic rings. The van der Waals surface area contributed by atoms with Crippen molar-refractivity contribution < 1.29 is 18.3 Å². The maximum Gasteiger partial charge on any atom is 0.318 e. The molecule has 0 aliphatic heterocycles. The Labute approximate surface area is 123 Å². The maximum absolute atomic E-state index is 12.6. The molecule has 1 saturated carbocycles. The van der Waals surface area contributed by atoms with Gasteiger partial charge < -0.3 is 5.11 Å². The molecule has 0 radical (unpaired) electrons. The second kappa shape index (κ2) is 5.71. The number of carboxylic acids is 1. The minimum atomic E-state index is -3.84. The fraction of sp³-hybridized carbons (Fsp3) is 0.462. The molecule has 1 aromatic carbocycles. The van der Waals surface area contributed by atoms with E-state index in [2.05, 4.69) is 0 Å². The number of carbonyl (C=O) groups is 1. The van der Waals surface area contributed by atoms with Crippen molar-refractivity contribution in [2.24, 2.45) is 5.92 Å². The molecule has 20 heavy (non-hydrogen) atoms. The third-order valence-electron chi connectivity index (χ3n) is 3.24. The summed E-state index contributed by atoms with van der Waals surface area (Å²) in [6.45, 7) is 1.39. The quantitative estimate of drug-likeness (QED) is 0.872. The fourth-order valence-corrected chi connectivity index (χ4v) is 3.93. The van der Waals surface area contributed by atoms with E-state index >= 15 is 0 Å². The van der Waals surface area contributed by atoms with Crippen LogP contribution >= 0.6 is 11.6 Å². The SMILES string of the molecule is Cc1ccc(Cl)cc1S(=O)(=O)N(CC(=O)O)CC1CC1. The lowest BCUT2D eigenvalue weighted by molar-refractivity contribution is -0.137. The minimum absolute atomic E-state index is 0.0758. The van der Waals surface area contributed by atoms with E-state index in [0.29, 0.717) is 10.6 Å². The Balaban J connectivity index is 2.37. The molecular weight excluding hydrogens is 302 g/mol. The van der Waals surface area contributed by atoms with Gasteiger partial charge in [-0.15, -0.1) is 0 Å². The van der Waals surface area contributed by atoms with E-state index in [0.717, 1.165) is 17.1 Å². The van der Waals surface area contributed by atoms with Gasteiger partial charge in [-0.05, 0) is 43.4 Å². The van der Waals surface area contributed by atoms with Crippen LogP contribution in [0.3, 0.4) is 0 Å². The first kappa shape index (κ1) is 15.3. The van der Waals surface area contributed by atoms with E-state index in [1.54, 1.807) is 19.1 Å². The summed E-state index contributed by atoms with van der Waals surface area (Å²) in [5.74, 6) is -0.891. The van der Waals surface area contributed by atoms with Gasteiger partial charge >= 0.3 is 5.97 Å². The number of aliphatic carboxylic acids is 1. The van der Waals surface area contributed by atoms with Crippen LogP contribution in [0, 0.1) is 12.8 Å². The van der Waals surface area contributed by atoms with Crippen molar-refractivity contribution in [1.82, 2.24) is 4.31 Å². The molecule has 0 spiro atoms. The van der Waals surface area contributed by atoms with Gasteiger partial charge in [0.25, 0.3) is 0 Å². The number of hydrogen-bond donors (Lipinski definition) is 1. The fourth-order valence-electron chi connectivity index (χ4n) is 1.98. The third-order valence-corrected chi connectivity index (χ3v) is 5.43. The van der Waals surface area contributed by atoms with Crippen LogP contribution in [0.1, 0.15) is 18.4 Å². The highest BCUT2D eigenvalue weighted by atomic mass is 35.5. The zero-order chi connectivity index (χ0) is 14.9. The number of rotatable bonds is 6. The van der Waals surface area contributed by atoms with Gasteiger partial charge in [-0.2, -0.15) is 4.31 Å². The zero-order valence-electron chi connectivity index (χ0n) is 11.0. The number of carboxylic acid groups (broad SMARTS) is 1. The molecule has 0 bridgehead atoms. The summed E-state index contributed by atoms with van der Waals surface area (Å²) in [7, 11) is -3.84. The van der Waals surface area contributed by atoms with Gasteiger partial charge in [-0.25, -0.2) is 8.42 Å². The van der Waals surface area contributed by atoms with Gasteiger partial charge in [0.05, 0.1) is 4.90 Å². The van der Waals surface area contributed by atoms with Crippen LogP contribution in [0.2, 0.25) is 5.02 Å². The monoisotopic (exact) mass is 317 g/mol. The second-order valence-electron chi connectivity index (χ2n) is 5.04.